The van der Waals surface area contributed by atoms with E-state index in [1.807, 2.05) is 42.6 Å². The number of amides is 2. The van der Waals surface area contributed by atoms with E-state index in [0.717, 1.165) is 23.1 Å². The summed E-state index contributed by atoms with van der Waals surface area (Å²) in [6.07, 6.45) is 4.87. The van der Waals surface area contributed by atoms with Crippen LogP contribution in [0.3, 0.4) is 0 Å². The standard InChI is InChI=1S/C27H34N4O4/c1-18(2)12-25(21-14-22(34-3)16-23(15-21)35-4)30-27(33)24-13-19(17-31-11-5-10-29-31)6-7-20(24)8-9-26(28)32/h5-7,10-11,13-16,18,25H,8-9,12,17H2,1-4H3,(H2,28,32)(H,30,33). The van der Waals surface area contributed by atoms with Gasteiger partial charge in [0.1, 0.15) is 11.5 Å². The van der Waals surface area contributed by atoms with Crippen molar-refractivity contribution in [2.75, 3.05) is 14.2 Å². The summed E-state index contributed by atoms with van der Waals surface area (Å²) in [7, 11) is 3.20. The maximum absolute atomic E-state index is 13.6. The van der Waals surface area contributed by atoms with Crippen LogP contribution >= 0.6 is 0 Å². The summed E-state index contributed by atoms with van der Waals surface area (Å²) in [6, 6.07) is 12.9. The van der Waals surface area contributed by atoms with E-state index in [1.165, 1.54) is 0 Å². The Morgan fingerprint density at radius 3 is 2.37 bits per heavy atom. The molecule has 3 aromatic rings. The lowest BCUT2D eigenvalue weighted by Gasteiger charge is -2.23. The number of rotatable bonds is 12. The van der Waals surface area contributed by atoms with Crippen LogP contribution in [0.2, 0.25) is 0 Å². The number of aryl methyl sites for hydroxylation is 1. The van der Waals surface area contributed by atoms with E-state index < -0.39 is 5.91 Å². The highest BCUT2D eigenvalue weighted by molar-refractivity contribution is 5.96. The van der Waals surface area contributed by atoms with Gasteiger partial charge in [0.05, 0.1) is 26.8 Å². The van der Waals surface area contributed by atoms with E-state index >= 15 is 0 Å². The predicted molar refractivity (Wildman–Crippen MR) is 134 cm³/mol. The van der Waals surface area contributed by atoms with Crippen LogP contribution in [0, 0.1) is 5.92 Å². The maximum Gasteiger partial charge on any atom is 0.252 e. The summed E-state index contributed by atoms with van der Waals surface area (Å²) >= 11 is 0. The van der Waals surface area contributed by atoms with E-state index in [4.69, 9.17) is 15.2 Å². The number of nitrogens with zero attached hydrogens (tertiary/aromatic N) is 2. The number of methoxy groups -OCH3 is 2. The van der Waals surface area contributed by atoms with Crippen molar-refractivity contribution in [3.63, 3.8) is 0 Å². The first-order valence-corrected chi connectivity index (χ1v) is 11.7. The Labute approximate surface area is 206 Å². The quantitative estimate of drug-likeness (QED) is 0.411. The van der Waals surface area contributed by atoms with Crippen molar-refractivity contribution < 1.29 is 19.1 Å². The molecule has 1 aromatic heterocycles. The SMILES string of the molecule is COc1cc(OC)cc(C(CC(C)C)NC(=O)c2cc(Cn3cccn3)ccc2CCC(N)=O)c1. The molecular weight excluding hydrogens is 444 g/mol. The number of aromatic nitrogens is 2. The molecular formula is C27H34N4O4. The van der Waals surface area contributed by atoms with Gasteiger partial charge in [-0.1, -0.05) is 26.0 Å². The number of ether oxygens (including phenoxy) is 2. The van der Waals surface area contributed by atoms with Crippen molar-refractivity contribution in [3.05, 3.63) is 77.1 Å². The highest BCUT2D eigenvalue weighted by Gasteiger charge is 2.21. The second-order valence-electron chi connectivity index (χ2n) is 8.96. The number of carbonyl (C=O) groups excluding carboxylic acids is 2. The molecule has 8 nitrogen and oxygen atoms in total. The van der Waals surface area contributed by atoms with Crippen LogP contribution in [0.1, 0.15) is 59.8 Å². The normalized spacial score (nSPS) is 11.8. The topological polar surface area (TPSA) is 108 Å². The molecule has 0 aliphatic heterocycles. The van der Waals surface area contributed by atoms with E-state index in [9.17, 15) is 9.59 Å². The molecule has 0 bridgehead atoms. The summed E-state index contributed by atoms with van der Waals surface area (Å²) in [4.78, 5) is 25.1. The predicted octanol–water partition coefficient (Wildman–Crippen LogP) is 3.88. The van der Waals surface area contributed by atoms with Gasteiger partial charge in [-0.15, -0.1) is 0 Å². The molecule has 2 aromatic carbocycles. The average Bonchev–Trinajstić information content (AvgIpc) is 3.35. The zero-order valence-corrected chi connectivity index (χ0v) is 20.8. The highest BCUT2D eigenvalue weighted by Crippen LogP contribution is 2.30. The Balaban J connectivity index is 1.94. The molecule has 1 heterocycles. The second-order valence-corrected chi connectivity index (χ2v) is 8.96. The minimum atomic E-state index is -0.405. The Kier molecular flexibility index (Phi) is 8.89. The highest BCUT2D eigenvalue weighted by atomic mass is 16.5. The fourth-order valence-electron chi connectivity index (χ4n) is 4.01. The van der Waals surface area contributed by atoms with Gasteiger partial charge in [0.25, 0.3) is 5.91 Å². The fourth-order valence-corrected chi connectivity index (χ4v) is 4.01. The van der Waals surface area contributed by atoms with Crippen LogP contribution in [0.25, 0.3) is 0 Å². The maximum atomic E-state index is 13.6. The van der Waals surface area contributed by atoms with Crippen LogP contribution in [0.15, 0.2) is 54.9 Å². The van der Waals surface area contributed by atoms with Crippen molar-refractivity contribution in [1.82, 2.24) is 15.1 Å². The van der Waals surface area contributed by atoms with Gasteiger partial charge < -0.3 is 20.5 Å². The molecule has 1 unspecified atom stereocenters. The molecule has 186 valence electrons. The number of carbonyl (C=O) groups is 2. The summed E-state index contributed by atoms with van der Waals surface area (Å²) in [5, 5.41) is 7.46. The molecule has 0 radical (unpaired) electrons. The summed E-state index contributed by atoms with van der Waals surface area (Å²) < 4.78 is 12.7. The first kappa shape index (κ1) is 25.8. The summed E-state index contributed by atoms with van der Waals surface area (Å²) in [5.41, 5.74) is 8.51. The molecule has 0 aliphatic carbocycles. The van der Waals surface area contributed by atoms with Crippen molar-refractivity contribution in [3.8, 4) is 11.5 Å². The Morgan fingerprint density at radius 1 is 1.09 bits per heavy atom. The number of hydrogen-bond acceptors (Lipinski definition) is 5. The zero-order valence-electron chi connectivity index (χ0n) is 20.8. The van der Waals surface area contributed by atoms with Crippen molar-refractivity contribution in [2.45, 2.75) is 45.7 Å². The van der Waals surface area contributed by atoms with Gasteiger partial charge in [-0.25, -0.2) is 0 Å². The van der Waals surface area contributed by atoms with Gasteiger partial charge in [-0.05, 0) is 59.7 Å². The minimum absolute atomic E-state index is 0.168. The van der Waals surface area contributed by atoms with Crippen molar-refractivity contribution in [2.24, 2.45) is 11.7 Å². The Morgan fingerprint density at radius 2 is 1.80 bits per heavy atom. The van der Waals surface area contributed by atoms with E-state index in [0.29, 0.717) is 35.9 Å². The lowest BCUT2D eigenvalue weighted by molar-refractivity contribution is -0.118. The molecule has 35 heavy (non-hydrogen) atoms. The van der Waals surface area contributed by atoms with Gasteiger partial charge in [0.15, 0.2) is 0 Å². The van der Waals surface area contributed by atoms with Crippen molar-refractivity contribution in [1.29, 1.82) is 0 Å². The molecule has 8 heteroatoms. The smallest absolute Gasteiger partial charge is 0.252 e. The molecule has 0 spiro atoms. The molecule has 0 fully saturated rings. The third kappa shape index (κ3) is 7.34. The van der Waals surface area contributed by atoms with Crippen LogP contribution in [-0.2, 0) is 17.8 Å². The van der Waals surface area contributed by atoms with Crippen LogP contribution < -0.4 is 20.5 Å². The van der Waals surface area contributed by atoms with E-state index in [2.05, 4.69) is 24.3 Å². The van der Waals surface area contributed by atoms with Gasteiger partial charge in [-0.3, -0.25) is 14.3 Å². The van der Waals surface area contributed by atoms with Gasteiger partial charge in [0.2, 0.25) is 5.91 Å². The summed E-state index contributed by atoms with van der Waals surface area (Å²) in [6.45, 7) is 4.75. The largest absolute Gasteiger partial charge is 0.497 e. The zero-order chi connectivity index (χ0) is 25.4. The lowest BCUT2D eigenvalue weighted by Crippen LogP contribution is -2.30. The molecule has 3 N–H and O–H groups in total. The number of benzene rings is 2. The van der Waals surface area contributed by atoms with Crippen LogP contribution in [0.5, 0.6) is 11.5 Å². The number of primary amides is 1. The van der Waals surface area contributed by atoms with Gasteiger partial charge in [-0.2, -0.15) is 5.10 Å². The number of hydrogen-bond donors (Lipinski definition) is 2. The van der Waals surface area contributed by atoms with E-state index in [-0.39, 0.29) is 18.4 Å². The molecule has 2 amide bonds. The first-order valence-electron chi connectivity index (χ1n) is 11.7. The van der Waals surface area contributed by atoms with E-state index in [1.54, 1.807) is 31.2 Å². The molecule has 1 atom stereocenters. The number of nitrogens with one attached hydrogen (secondary N) is 1. The first-order chi connectivity index (χ1) is 16.8. The summed E-state index contributed by atoms with van der Waals surface area (Å²) in [5.74, 6) is 1.03. The monoisotopic (exact) mass is 478 g/mol. The second kappa shape index (κ2) is 12.1. The molecule has 0 saturated carbocycles. The van der Waals surface area contributed by atoms with Gasteiger partial charge >= 0.3 is 0 Å². The molecule has 0 aliphatic rings. The average molecular weight is 479 g/mol. The van der Waals surface area contributed by atoms with Crippen molar-refractivity contribution >= 4 is 11.8 Å². The van der Waals surface area contributed by atoms with Crippen LogP contribution in [-0.4, -0.2) is 35.8 Å². The Hall–Kier alpha value is -3.81. The third-order valence-corrected chi connectivity index (χ3v) is 5.75. The molecule has 3 rings (SSSR count). The molecule has 0 saturated heterocycles. The Bertz CT molecular complexity index is 1120. The fraction of sp³-hybridized carbons (Fsp3) is 0.370. The third-order valence-electron chi connectivity index (χ3n) is 5.75. The minimum Gasteiger partial charge on any atom is -0.497 e. The van der Waals surface area contributed by atoms with Gasteiger partial charge in [0, 0.05) is 30.4 Å². The lowest BCUT2D eigenvalue weighted by atomic mass is 9.94. The number of nitrogens with two attached hydrogens (primary N) is 1. The van der Waals surface area contributed by atoms with Crippen LogP contribution in [0.4, 0.5) is 0 Å².